The molecule has 1 aliphatic carbocycles. The third kappa shape index (κ3) is 3.35. The molecule has 1 aromatic carbocycles. The number of alkyl halides is 3. The van der Waals surface area contributed by atoms with E-state index in [1.807, 2.05) is 12.1 Å². The van der Waals surface area contributed by atoms with Crippen LogP contribution >= 0.6 is 47.8 Å². The lowest BCUT2D eigenvalue weighted by atomic mass is 9.84. The highest BCUT2D eigenvalue weighted by molar-refractivity contribution is 9.38. The maximum Gasteiger partial charge on any atom is 0.283 e. The van der Waals surface area contributed by atoms with Crippen LogP contribution in [-0.4, -0.2) is 10.2 Å². The second-order valence-electron chi connectivity index (χ2n) is 6.15. The Labute approximate surface area is 164 Å². The zero-order valence-electron chi connectivity index (χ0n) is 12.8. The van der Waals surface area contributed by atoms with Gasteiger partial charge in [-0.25, -0.2) is 0 Å². The Hall–Kier alpha value is -0.660. The van der Waals surface area contributed by atoms with Crippen molar-refractivity contribution in [2.24, 2.45) is 0 Å². The number of furan rings is 1. The highest BCUT2D eigenvalue weighted by Crippen LogP contribution is 2.44. The van der Waals surface area contributed by atoms with Gasteiger partial charge in [0, 0.05) is 5.39 Å². The molecule has 0 N–H and O–H groups in total. The van der Waals surface area contributed by atoms with E-state index in [1.54, 1.807) is 0 Å². The average Bonchev–Trinajstić information content (AvgIpc) is 3.21. The highest BCUT2D eigenvalue weighted by Gasteiger charge is 2.29. The van der Waals surface area contributed by atoms with E-state index in [9.17, 15) is 0 Å². The summed E-state index contributed by atoms with van der Waals surface area (Å²) in [4.78, 5) is 0. The first-order chi connectivity index (χ1) is 11.5. The Morgan fingerprint density at radius 1 is 0.958 bits per heavy atom. The monoisotopic (exact) mass is 516 g/mol. The molecule has 1 saturated carbocycles. The second kappa shape index (κ2) is 6.57. The minimum Gasteiger partial charge on any atom is -0.451 e. The van der Waals surface area contributed by atoms with Crippen molar-refractivity contribution in [1.29, 1.82) is 0 Å². The number of hydrogen-bond acceptors (Lipinski definition) is 4. The predicted octanol–water partition coefficient (Wildman–Crippen LogP) is 6.83. The molecule has 0 aliphatic heterocycles. The van der Waals surface area contributed by atoms with Gasteiger partial charge < -0.3 is 8.83 Å². The molecule has 0 amide bonds. The molecule has 126 valence electrons. The molecule has 0 saturated heterocycles. The summed E-state index contributed by atoms with van der Waals surface area (Å²) < 4.78 is 10.8. The van der Waals surface area contributed by atoms with Crippen molar-refractivity contribution in [3.63, 3.8) is 0 Å². The maximum absolute atomic E-state index is 5.88. The van der Waals surface area contributed by atoms with Crippen molar-refractivity contribution in [2.75, 3.05) is 0 Å². The molecule has 1 fully saturated rings. The van der Waals surface area contributed by atoms with Crippen molar-refractivity contribution in [3.05, 3.63) is 35.7 Å². The smallest absolute Gasteiger partial charge is 0.283 e. The van der Waals surface area contributed by atoms with E-state index in [-0.39, 0.29) is 0 Å². The lowest BCUT2D eigenvalue weighted by Gasteiger charge is -2.21. The largest absolute Gasteiger partial charge is 0.451 e. The van der Waals surface area contributed by atoms with Gasteiger partial charge in [-0.15, -0.1) is 10.2 Å². The van der Waals surface area contributed by atoms with Crippen LogP contribution in [0.25, 0.3) is 22.6 Å². The minimum atomic E-state index is -0.724. The van der Waals surface area contributed by atoms with Crippen LogP contribution in [0.4, 0.5) is 0 Å². The van der Waals surface area contributed by atoms with E-state index in [1.165, 1.54) is 37.7 Å². The van der Waals surface area contributed by atoms with Crippen LogP contribution < -0.4 is 0 Å². The summed E-state index contributed by atoms with van der Waals surface area (Å²) in [6.07, 6.45) is 6.60. The third-order valence-electron chi connectivity index (χ3n) is 4.50. The molecule has 2 aromatic heterocycles. The van der Waals surface area contributed by atoms with Crippen molar-refractivity contribution >= 4 is 58.8 Å². The molecule has 24 heavy (non-hydrogen) atoms. The highest BCUT2D eigenvalue weighted by atomic mass is 80.0. The Balaban J connectivity index is 1.66. The van der Waals surface area contributed by atoms with Gasteiger partial charge in [-0.3, -0.25) is 0 Å². The number of nitrogens with zero attached hydrogens (tertiary/aromatic N) is 2. The van der Waals surface area contributed by atoms with Gasteiger partial charge in [0.25, 0.3) is 11.8 Å². The molecule has 3 aromatic rings. The van der Waals surface area contributed by atoms with Crippen LogP contribution in [0.3, 0.4) is 0 Å². The Kier molecular flexibility index (Phi) is 4.60. The standard InChI is InChI=1S/C17H15Br3N2O2/c18-17(19,20)16-22-21-15(24-16)14-9-12-8-11(6-7-13(12)23-14)10-4-2-1-3-5-10/h6-10H,1-5H2. The molecule has 2 heterocycles. The zero-order valence-corrected chi connectivity index (χ0v) is 17.5. The summed E-state index contributed by atoms with van der Waals surface area (Å²) in [5.74, 6) is 2.00. The van der Waals surface area contributed by atoms with Crippen molar-refractivity contribution in [1.82, 2.24) is 10.2 Å². The van der Waals surface area contributed by atoms with Gasteiger partial charge >= 0.3 is 0 Å². The van der Waals surface area contributed by atoms with Crippen LogP contribution in [0.5, 0.6) is 0 Å². The van der Waals surface area contributed by atoms with E-state index in [0.29, 0.717) is 23.5 Å². The van der Waals surface area contributed by atoms with Gasteiger partial charge in [0.2, 0.25) is 2.14 Å². The Morgan fingerprint density at radius 3 is 2.46 bits per heavy atom. The molecule has 0 radical (unpaired) electrons. The molecule has 0 unspecified atom stereocenters. The summed E-state index contributed by atoms with van der Waals surface area (Å²) in [7, 11) is 0. The van der Waals surface area contributed by atoms with Crippen LogP contribution in [0, 0.1) is 0 Å². The van der Waals surface area contributed by atoms with Gasteiger partial charge in [0.05, 0.1) is 0 Å². The van der Waals surface area contributed by atoms with Crippen molar-refractivity contribution < 1.29 is 8.83 Å². The minimum absolute atomic E-state index is 0.364. The molecule has 0 bridgehead atoms. The summed E-state index contributed by atoms with van der Waals surface area (Å²) in [5, 5.41) is 9.15. The summed E-state index contributed by atoms with van der Waals surface area (Å²) in [6.45, 7) is 0. The maximum atomic E-state index is 5.88. The Bertz CT molecular complexity index is 860. The number of aromatic nitrogens is 2. The van der Waals surface area contributed by atoms with Gasteiger partial charge in [0.1, 0.15) is 5.58 Å². The van der Waals surface area contributed by atoms with E-state index in [4.69, 9.17) is 8.83 Å². The Morgan fingerprint density at radius 2 is 1.75 bits per heavy atom. The summed E-state index contributed by atoms with van der Waals surface area (Å²) >= 11 is 10.1. The van der Waals surface area contributed by atoms with Gasteiger partial charge in [0.15, 0.2) is 5.76 Å². The first-order valence-electron chi connectivity index (χ1n) is 7.95. The predicted molar refractivity (Wildman–Crippen MR) is 104 cm³/mol. The molecule has 1 aliphatic rings. The fourth-order valence-electron chi connectivity index (χ4n) is 3.29. The number of hydrogen-bond donors (Lipinski definition) is 0. The first-order valence-corrected chi connectivity index (χ1v) is 10.3. The summed E-state index contributed by atoms with van der Waals surface area (Å²) in [5.41, 5.74) is 2.24. The third-order valence-corrected chi connectivity index (χ3v) is 5.51. The number of fused-ring (bicyclic) bond motifs is 1. The first kappa shape index (κ1) is 16.8. The SMILES string of the molecule is BrC(Br)(Br)c1nnc(-c2cc3cc(C4CCCCC4)ccc3o2)o1. The van der Waals surface area contributed by atoms with E-state index < -0.39 is 2.14 Å². The quantitative estimate of drug-likeness (QED) is 0.349. The van der Waals surface area contributed by atoms with Crippen LogP contribution in [0.15, 0.2) is 33.1 Å². The second-order valence-corrected chi connectivity index (χ2v) is 12.9. The van der Waals surface area contributed by atoms with E-state index in [0.717, 1.165) is 11.0 Å². The fourth-order valence-corrected chi connectivity index (χ4v) is 3.78. The van der Waals surface area contributed by atoms with E-state index >= 15 is 0 Å². The van der Waals surface area contributed by atoms with Gasteiger partial charge in [-0.05, 0) is 90.3 Å². The molecule has 4 nitrogen and oxygen atoms in total. The van der Waals surface area contributed by atoms with E-state index in [2.05, 4.69) is 70.1 Å². The van der Waals surface area contributed by atoms with Crippen molar-refractivity contribution in [3.8, 4) is 11.7 Å². The zero-order chi connectivity index (χ0) is 16.7. The number of halogens is 3. The van der Waals surface area contributed by atoms with Gasteiger partial charge in [-0.2, -0.15) is 0 Å². The lowest BCUT2D eigenvalue weighted by molar-refractivity contribution is 0.444. The number of rotatable bonds is 2. The van der Waals surface area contributed by atoms with Crippen LogP contribution in [-0.2, 0) is 2.14 Å². The molecule has 4 rings (SSSR count). The van der Waals surface area contributed by atoms with Crippen LogP contribution in [0.1, 0.15) is 49.5 Å². The average molecular weight is 519 g/mol. The molecule has 0 atom stereocenters. The molecule has 7 heteroatoms. The topological polar surface area (TPSA) is 52.1 Å². The normalized spacial score (nSPS) is 16.8. The molecular weight excluding hydrogens is 504 g/mol. The fraction of sp³-hybridized carbons (Fsp3) is 0.412. The molecular formula is C17H15Br3N2O2. The molecule has 0 spiro atoms. The van der Waals surface area contributed by atoms with Crippen molar-refractivity contribution in [2.45, 2.75) is 40.2 Å². The van der Waals surface area contributed by atoms with Crippen LogP contribution in [0.2, 0.25) is 0 Å². The summed E-state index contributed by atoms with van der Waals surface area (Å²) in [6, 6.07) is 8.44. The lowest BCUT2D eigenvalue weighted by Crippen LogP contribution is -2.03. The number of benzene rings is 1. The van der Waals surface area contributed by atoms with Gasteiger partial charge in [-0.1, -0.05) is 25.3 Å².